The molecule has 2 rings (SSSR count). The van der Waals surface area contributed by atoms with Crippen molar-refractivity contribution in [1.29, 1.82) is 0 Å². The summed E-state index contributed by atoms with van der Waals surface area (Å²) < 4.78 is 6.15. The molecule has 0 radical (unpaired) electrons. The van der Waals surface area contributed by atoms with Crippen molar-refractivity contribution in [1.82, 2.24) is 5.32 Å². The highest BCUT2D eigenvalue weighted by molar-refractivity contribution is 7.10. The Morgan fingerprint density at radius 3 is 2.45 bits per heavy atom. The Morgan fingerprint density at radius 1 is 1.10 bits per heavy atom. The van der Waals surface area contributed by atoms with Gasteiger partial charge in [0, 0.05) is 10.9 Å². The summed E-state index contributed by atoms with van der Waals surface area (Å²) in [4.78, 5) is 14.0. The molecule has 1 fully saturated rings. The largest absolute Gasteiger partial charge is 0.455 e. The van der Waals surface area contributed by atoms with E-state index in [0.29, 0.717) is 5.92 Å². The molecule has 1 aliphatic rings. The summed E-state index contributed by atoms with van der Waals surface area (Å²) in [6, 6.07) is 2.38. The van der Waals surface area contributed by atoms with Crippen LogP contribution in [0.1, 0.15) is 121 Å². The van der Waals surface area contributed by atoms with Gasteiger partial charge in [0.2, 0.25) is 0 Å². The summed E-state index contributed by atoms with van der Waals surface area (Å²) in [7, 11) is 0. The Kier molecular flexibility index (Phi) is 11.3. The maximum atomic E-state index is 12.9. The molecule has 29 heavy (non-hydrogen) atoms. The molecule has 0 spiro atoms. The first-order chi connectivity index (χ1) is 14.0. The molecule has 2 unspecified atom stereocenters. The molecule has 1 aliphatic carbocycles. The van der Waals surface area contributed by atoms with E-state index in [1.807, 2.05) is 0 Å². The molecule has 0 aliphatic heterocycles. The van der Waals surface area contributed by atoms with Crippen molar-refractivity contribution in [2.24, 2.45) is 5.92 Å². The van der Waals surface area contributed by atoms with E-state index in [4.69, 9.17) is 4.74 Å². The number of carbonyl (C=O) groups is 1. The van der Waals surface area contributed by atoms with Crippen molar-refractivity contribution >= 4 is 17.3 Å². The quantitative estimate of drug-likeness (QED) is 0.267. The molecule has 0 bridgehead atoms. The van der Waals surface area contributed by atoms with Gasteiger partial charge in [0.05, 0.1) is 5.92 Å². The first-order valence-electron chi connectivity index (χ1n) is 12.0. The van der Waals surface area contributed by atoms with E-state index in [1.165, 1.54) is 55.4 Å². The summed E-state index contributed by atoms with van der Waals surface area (Å²) in [6.45, 7) is 9.86. The van der Waals surface area contributed by atoms with Crippen LogP contribution in [0.2, 0.25) is 0 Å². The number of hydrogen-bond donors (Lipinski definition) is 1. The fourth-order valence-electron chi connectivity index (χ4n) is 4.13. The SMILES string of the molecule is CCCCCCCCNC(C)C(OC(=O)C1CCCCC1)c1cc(C(C)C)cs1. The van der Waals surface area contributed by atoms with Crippen molar-refractivity contribution in [2.75, 3.05) is 6.54 Å². The fraction of sp³-hybridized carbons (Fsp3) is 0.800. The van der Waals surface area contributed by atoms with Crippen LogP contribution in [0.25, 0.3) is 0 Å². The zero-order valence-electron chi connectivity index (χ0n) is 19.2. The van der Waals surface area contributed by atoms with Crippen LogP contribution in [0.15, 0.2) is 11.4 Å². The maximum absolute atomic E-state index is 12.9. The molecule has 1 heterocycles. The van der Waals surface area contributed by atoms with Crippen molar-refractivity contribution in [3.8, 4) is 0 Å². The fourth-order valence-corrected chi connectivity index (χ4v) is 5.33. The van der Waals surface area contributed by atoms with Gasteiger partial charge >= 0.3 is 5.97 Å². The van der Waals surface area contributed by atoms with Gasteiger partial charge in [0.1, 0.15) is 0 Å². The monoisotopic (exact) mass is 421 g/mol. The zero-order valence-corrected chi connectivity index (χ0v) is 20.0. The second-order valence-corrected chi connectivity index (χ2v) is 10.1. The Morgan fingerprint density at radius 2 is 1.79 bits per heavy atom. The van der Waals surface area contributed by atoms with Crippen molar-refractivity contribution in [3.63, 3.8) is 0 Å². The van der Waals surface area contributed by atoms with E-state index in [9.17, 15) is 4.79 Å². The Hall–Kier alpha value is -0.870. The minimum atomic E-state index is -0.179. The number of esters is 1. The standard InChI is InChI=1S/C25H43NO2S/c1-5-6-7-8-9-13-16-26-20(4)24(23-17-22(18-29-23)19(2)3)28-25(27)21-14-11-10-12-15-21/h17-21,24,26H,5-16H2,1-4H3. The minimum Gasteiger partial charge on any atom is -0.455 e. The van der Waals surface area contributed by atoms with E-state index in [1.54, 1.807) is 11.3 Å². The number of rotatable bonds is 13. The molecule has 1 aromatic heterocycles. The molecule has 166 valence electrons. The third kappa shape index (κ3) is 8.41. The van der Waals surface area contributed by atoms with Gasteiger partial charge in [-0.3, -0.25) is 4.79 Å². The van der Waals surface area contributed by atoms with Crippen LogP contribution in [0.5, 0.6) is 0 Å². The molecule has 0 aromatic carbocycles. The molecule has 1 N–H and O–H groups in total. The normalized spacial score (nSPS) is 17.4. The number of carbonyl (C=O) groups excluding carboxylic acids is 1. The molecule has 1 aromatic rings. The number of ether oxygens (including phenoxy) is 1. The number of hydrogen-bond acceptors (Lipinski definition) is 4. The third-order valence-corrected chi connectivity index (χ3v) is 7.23. The lowest BCUT2D eigenvalue weighted by atomic mass is 9.89. The van der Waals surface area contributed by atoms with Crippen LogP contribution < -0.4 is 5.32 Å². The van der Waals surface area contributed by atoms with E-state index >= 15 is 0 Å². The molecule has 4 heteroatoms. The van der Waals surface area contributed by atoms with Gasteiger partial charge in [0.15, 0.2) is 6.10 Å². The van der Waals surface area contributed by atoms with Gasteiger partial charge in [-0.2, -0.15) is 0 Å². The maximum Gasteiger partial charge on any atom is 0.309 e. The summed E-state index contributed by atoms with van der Waals surface area (Å²) in [5.41, 5.74) is 1.34. The molecule has 0 saturated heterocycles. The van der Waals surface area contributed by atoms with Gasteiger partial charge in [0.25, 0.3) is 0 Å². The molecule has 1 saturated carbocycles. The van der Waals surface area contributed by atoms with Gasteiger partial charge in [-0.05, 0) is 55.7 Å². The lowest BCUT2D eigenvalue weighted by Crippen LogP contribution is -2.36. The lowest BCUT2D eigenvalue weighted by molar-refractivity contribution is -0.157. The van der Waals surface area contributed by atoms with E-state index in [0.717, 1.165) is 32.2 Å². The molecule has 2 atom stereocenters. The van der Waals surface area contributed by atoms with Gasteiger partial charge in [-0.1, -0.05) is 72.1 Å². The molecular formula is C25H43NO2S. The second-order valence-electron chi connectivity index (χ2n) is 9.14. The zero-order chi connectivity index (χ0) is 21.1. The predicted octanol–water partition coefficient (Wildman–Crippen LogP) is 7.37. The number of unbranched alkanes of at least 4 members (excludes halogenated alkanes) is 5. The van der Waals surface area contributed by atoms with Crippen molar-refractivity contribution in [3.05, 3.63) is 21.9 Å². The topological polar surface area (TPSA) is 38.3 Å². The first kappa shape index (κ1) is 24.4. The van der Waals surface area contributed by atoms with E-state index < -0.39 is 0 Å². The van der Waals surface area contributed by atoms with Gasteiger partial charge in [-0.15, -0.1) is 11.3 Å². The molecule has 3 nitrogen and oxygen atoms in total. The highest BCUT2D eigenvalue weighted by Gasteiger charge is 2.29. The smallest absolute Gasteiger partial charge is 0.309 e. The van der Waals surface area contributed by atoms with E-state index in [-0.39, 0.29) is 24.0 Å². The summed E-state index contributed by atoms with van der Waals surface area (Å²) in [5.74, 6) is 0.616. The average Bonchev–Trinajstić information content (AvgIpc) is 3.22. The number of thiophene rings is 1. The first-order valence-corrected chi connectivity index (χ1v) is 12.9. The Balaban J connectivity index is 1.92. The predicted molar refractivity (Wildman–Crippen MR) is 125 cm³/mol. The highest BCUT2D eigenvalue weighted by atomic mass is 32.1. The summed E-state index contributed by atoms with van der Waals surface area (Å²) >= 11 is 1.74. The van der Waals surface area contributed by atoms with Crippen LogP contribution in [0.3, 0.4) is 0 Å². The number of nitrogens with one attached hydrogen (secondary N) is 1. The van der Waals surface area contributed by atoms with Crippen molar-refractivity contribution in [2.45, 2.75) is 116 Å². The second kappa shape index (κ2) is 13.4. The van der Waals surface area contributed by atoms with Crippen LogP contribution in [-0.2, 0) is 9.53 Å². The molecule has 0 amide bonds. The van der Waals surface area contributed by atoms with Crippen LogP contribution in [0.4, 0.5) is 0 Å². The molecular weight excluding hydrogens is 378 g/mol. The average molecular weight is 422 g/mol. The summed E-state index contributed by atoms with van der Waals surface area (Å²) in [6.07, 6.45) is 13.2. The lowest BCUT2D eigenvalue weighted by Gasteiger charge is -2.28. The summed E-state index contributed by atoms with van der Waals surface area (Å²) in [5, 5.41) is 5.87. The van der Waals surface area contributed by atoms with Gasteiger partial charge in [-0.25, -0.2) is 0 Å². The van der Waals surface area contributed by atoms with Crippen LogP contribution in [-0.4, -0.2) is 18.6 Å². The van der Waals surface area contributed by atoms with Gasteiger partial charge < -0.3 is 10.1 Å². The van der Waals surface area contributed by atoms with Crippen LogP contribution >= 0.6 is 11.3 Å². The van der Waals surface area contributed by atoms with Crippen molar-refractivity contribution < 1.29 is 9.53 Å². The minimum absolute atomic E-state index is 0.0161. The highest BCUT2D eigenvalue weighted by Crippen LogP contribution is 2.33. The Bertz CT molecular complexity index is 577. The van der Waals surface area contributed by atoms with E-state index in [2.05, 4.69) is 44.5 Å². The Labute approximate surface area is 183 Å². The van der Waals surface area contributed by atoms with Crippen LogP contribution in [0, 0.1) is 5.92 Å². The third-order valence-electron chi connectivity index (χ3n) is 6.22.